The fourth-order valence-corrected chi connectivity index (χ4v) is 1.74. The molecule has 1 fully saturated rings. The van der Waals surface area contributed by atoms with E-state index in [1.54, 1.807) is 12.1 Å². The molecule has 0 aliphatic carbocycles. The van der Waals surface area contributed by atoms with Crippen molar-refractivity contribution in [2.45, 2.75) is 12.8 Å². The second kappa shape index (κ2) is 6.15. The number of hydrogen-bond acceptors (Lipinski definition) is 3. The van der Waals surface area contributed by atoms with Gasteiger partial charge in [-0.3, -0.25) is 4.90 Å². The zero-order chi connectivity index (χ0) is 10.7. The molecule has 1 saturated heterocycles. The SMILES string of the molecule is Cl.OC1CNCCN1Cc1ccc(F)cc1. The van der Waals surface area contributed by atoms with Crippen LogP contribution in [0.5, 0.6) is 0 Å². The Kier molecular flexibility index (Phi) is 5.15. The first-order valence-corrected chi connectivity index (χ1v) is 5.13. The van der Waals surface area contributed by atoms with E-state index in [4.69, 9.17) is 0 Å². The Morgan fingerprint density at radius 1 is 1.38 bits per heavy atom. The van der Waals surface area contributed by atoms with Gasteiger partial charge < -0.3 is 10.4 Å². The number of piperazine rings is 1. The number of halogens is 2. The van der Waals surface area contributed by atoms with Crippen LogP contribution in [0.25, 0.3) is 0 Å². The average molecular weight is 247 g/mol. The summed E-state index contributed by atoms with van der Waals surface area (Å²) >= 11 is 0. The van der Waals surface area contributed by atoms with Crippen molar-refractivity contribution in [3.63, 3.8) is 0 Å². The van der Waals surface area contributed by atoms with Crippen LogP contribution in [0, 0.1) is 5.82 Å². The molecule has 1 aromatic rings. The smallest absolute Gasteiger partial charge is 0.123 e. The third-order valence-corrected chi connectivity index (χ3v) is 2.62. The Balaban J connectivity index is 0.00000128. The normalized spacial score (nSPS) is 21.5. The number of aliphatic hydroxyl groups excluding tert-OH is 1. The van der Waals surface area contributed by atoms with Gasteiger partial charge in [-0.1, -0.05) is 12.1 Å². The lowest BCUT2D eigenvalue weighted by Crippen LogP contribution is -2.50. The summed E-state index contributed by atoms with van der Waals surface area (Å²) in [5.41, 5.74) is 1.03. The van der Waals surface area contributed by atoms with Gasteiger partial charge in [-0.25, -0.2) is 4.39 Å². The highest BCUT2D eigenvalue weighted by Gasteiger charge is 2.19. The predicted molar refractivity (Wildman–Crippen MR) is 62.9 cm³/mol. The number of rotatable bonds is 2. The van der Waals surface area contributed by atoms with Crippen LogP contribution in [0.1, 0.15) is 5.56 Å². The topological polar surface area (TPSA) is 35.5 Å². The molecule has 1 heterocycles. The van der Waals surface area contributed by atoms with Crippen LogP contribution in [-0.2, 0) is 6.54 Å². The maximum atomic E-state index is 12.7. The van der Waals surface area contributed by atoms with Crippen molar-refractivity contribution in [3.8, 4) is 0 Å². The number of aliphatic hydroxyl groups is 1. The zero-order valence-electron chi connectivity index (χ0n) is 8.90. The summed E-state index contributed by atoms with van der Waals surface area (Å²) in [6.45, 7) is 2.97. The lowest BCUT2D eigenvalue weighted by molar-refractivity contribution is -0.0180. The van der Waals surface area contributed by atoms with E-state index in [1.807, 2.05) is 4.90 Å². The molecule has 3 nitrogen and oxygen atoms in total. The lowest BCUT2D eigenvalue weighted by atomic mass is 10.2. The fourth-order valence-electron chi connectivity index (χ4n) is 1.74. The summed E-state index contributed by atoms with van der Waals surface area (Å²) in [5, 5.41) is 12.8. The van der Waals surface area contributed by atoms with Gasteiger partial charge in [-0.2, -0.15) is 0 Å². The zero-order valence-corrected chi connectivity index (χ0v) is 9.71. The fraction of sp³-hybridized carbons (Fsp3) is 0.455. The minimum Gasteiger partial charge on any atom is -0.377 e. The quantitative estimate of drug-likeness (QED) is 0.817. The van der Waals surface area contributed by atoms with Gasteiger partial charge in [0.25, 0.3) is 0 Å². The molecule has 90 valence electrons. The summed E-state index contributed by atoms with van der Waals surface area (Å²) in [6.07, 6.45) is -0.441. The minimum absolute atomic E-state index is 0. The molecule has 0 spiro atoms. The minimum atomic E-state index is -0.441. The number of nitrogens with zero attached hydrogens (tertiary/aromatic N) is 1. The predicted octanol–water partition coefficient (Wildman–Crippen LogP) is 0.971. The van der Waals surface area contributed by atoms with Gasteiger partial charge in [0.2, 0.25) is 0 Å². The van der Waals surface area contributed by atoms with Crippen molar-refractivity contribution in [1.82, 2.24) is 10.2 Å². The standard InChI is InChI=1S/C11H15FN2O.ClH/c12-10-3-1-9(2-4-10)8-14-6-5-13-7-11(14)15;/h1-4,11,13,15H,5-8H2;1H. The second-order valence-electron chi connectivity index (χ2n) is 3.78. The van der Waals surface area contributed by atoms with Crippen LogP contribution < -0.4 is 5.32 Å². The molecular formula is C11H16ClFN2O. The van der Waals surface area contributed by atoms with Crippen LogP contribution in [0.4, 0.5) is 4.39 Å². The summed E-state index contributed by atoms with van der Waals surface area (Å²) < 4.78 is 12.7. The van der Waals surface area contributed by atoms with Gasteiger partial charge in [0.05, 0.1) is 0 Å². The van der Waals surface area contributed by atoms with E-state index in [9.17, 15) is 9.50 Å². The molecule has 0 radical (unpaired) electrons. The molecule has 16 heavy (non-hydrogen) atoms. The molecule has 0 bridgehead atoms. The van der Waals surface area contributed by atoms with Crippen LogP contribution in [0.15, 0.2) is 24.3 Å². The first kappa shape index (κ1) is 13.4. The largest absolute Gasteiger partial charge is 0.377 e. The van der Waals surface area contributed by atoms with Crippen LogP contribution in [0.2, 0.25) is 0 Å². The second-order valence-corrected chi connectivity index (χ2v) is 3.78. The first-order chi connectivity index (χ1) is 7.25. The highest BCUT2D eigenvalue weighted by atomic mass is 35.5. The monoisotopic (exact) mass is 246 g/mol. The van der Waals surface area contributed by atoms with Gasteiger partial charge in [0, 0.05) is 26.2 Å². The van der Waals surface area contributed by atoms with Crippen LogP contribution >= 0.6 is 12.4 Å². The van der Waals surface area contributed by atoms with E-state index in [0.29, 0.717) is 13.1 Å². The molecule has 1 aliphatic rings. The Hall–Kier alpha value is -0.680. The first-order valence-electron chi connectivity index (χ1n) is 5.13. The Morgan fingerprint density at radius 3 is 2.69 bits per heavy atom. The van der Waals surface area contributed by atoms with Gasteiger partial charge in [-0.15, -0.1) is 12.4 Å². The maximum absolute atomic E-state index is 12.7. The number of hydrogen-bond donors (Lipinski definition) is 2. The van der Waals surface area contributed by atoms with Crippen molar-refractivity contribution in [3.05, 3.63) is 35.6 Å². The van der Waals surface area contributed by atoms with Gasteiger partial charge in [0.15, 0.2) is 0 Å². The summed E-state index contributed by atoms with van der Waals surface area (Å²) in [6, 6.07) is 6.40. The highest BCUT2D eigenvalue weighted by molar-refractivity contribution is 5.85. The number of benzene rings is 1. The van der Waals surface area contributed by atoms with Crippen molar-refractivity contribution >= 4 is 12.4 Å². The molecule has 1 atom stereocenters. The van der Waals surface area contributed by atoms with Crippen molar-refractivity contribution < 1.29 is 9.50 Å². The lowest BCUT2D eigenvalue weighted by Gasteiger charge is -2.32. The van der Waals surface area contributed by atoms with E-state index in [2.05, 4.69) is 5.32 Å². The molecule has 2 rings (SSSR count). The molecule has 2 N–H and O–H groups in total. The van der Waals surface area contributed by atoms with E-state index < -0.39 is 6.23 Å². The van der Waals surface area contributed by atoms with Gasteiger partial charge in [-0.05, 0) is 17.7 Å². The van der Waals surface area contributed by atoms with E-state index in [0.717, 1.165) is 18.7 Å². The highest BCUT2D eigenvalue weighted by Crippen LogP contribution is 2.09. The third-order valence-electron chi connectivity index (χ3n) is 2.62. The Morgan fingerprint density at radius 2 is 2.06 bits per heavy atom. The number of β-amino-alcohol motifs (C(OH)–C–C–N with tert-alkyl or cyclic N) is 1. The van der Waals surface area contributed by atoms with E-state index in [-0.39, 0.29) is 18.2 Å². The molecule has 1 unspecified atom stereocenters. The van der Waals surface area contributed by atoms with Gasteiger partial charge in [0.1, 0.15) is 12.0 Å². The third kappa shape index (κ3) is 3.42. The molecule has 1 aromatic carbocycles. The summed E-state index contributed by atoms with van der Waals surface area (Å²) in [7, 11) is 0. The molecular weight excluding hydrogens is 231 g/mol. The summed E-state index contributed by atoms with van der Waals surface area (Å²) in [4.78, 5) is 1.98. The van der Waals surface area contributed by atoms with E-state index >= 15 is 0 Å². The van der Waals surface area contributed by atoms with Gasteiger partial charge >= 0.3 is 0 Å². The van der Waals surface area contributed by atoms with Crippen molar-refractivity contribution in [2.24, 2.45) is 0 Å². The molecule has 0 aromatic heterocycles. The Bertz CT molecular complexity index is 320. The van der Waals surface area contributed by atoms with Crippen molar-refractivity contribution in [2.75, 3.05) is 19.6 Å². The molecule has 0 amide bonds. The average Bonchev–Trinajstić information content (AvgIpc) is 2.25. The maximum Gasteiger partial charge on any atom is 0.123 e. The van der Waals surface area contributed by atoms with E-state index in [1.165, 1.54) is 12.1 Å². The molecule has 0 saturated carbocycles. The molecule has 5 heteroatoms. The number of nitrogens with one attached hydrogen (secondary N) is 1. The van der Waals surface area contributed by atoms with Crippen molar-refractivity contribution in [1.29, 1.82) is 0 Å². The van der Waals surface area contributed by atoms with Crippen LogP contribution in [-0.4, -0.2) is 35.9 Å². The Labute approximate surface area is 101 Å². The summed E-state index contributed by atoms with van der Waals surface area (Å²) in [5.74, 6) is -0.223. The molecule has 1 aliphatic heterocycles. The van der Waals surface area contributed by atoms with Crippen LogP contribution in [0.3, 0.4) is 0 Å².